The van der Waals surface area contributed by atoms with Crippen molar-refractivity contribution in [1.29, 1.82) is 0 Å². The zero-order chi connectivity index (χ0) is 37.7. The van der Waals surface area contributed by atoms with Crippen molar-refractivity contribution in [1.82, 2.24) is 4.98 Å². The molecule has 4 heteroatoms. The molecule has 0 spiro atoms. The van der Waals surface area contributed by atoms with Crippen molar-refractivity contribution in [3.63, 3.8) is 0 Å². The molecule has 268 valence electrons. The number of fused-ring (bicyclic) bond motifs is 5. The Morgan fingerprint density at radius 2 is 0.982 bits per heavy atom. The van der Waals surface area contributed by atoms with E-state index in [-0.39, 0.29) is 0 Å². The summed E-state index contributed by atoms with van der Waals surface area (Å²) < 4.78 is 13.1. The zero-order valence-corrected chi connectivity index (χ0v) is 30.8. The van der Waals surface area contributed by atoms with Gasteiger partial charge in [0.15, 0.2) is 5.58 Å². The normalized spacial score (nSPS) is 11.5. The van der Waals surface area contributed by atoms with Gasteiger partial charge >= 0.3 is 0 Å². The van der Waals surface area contributed by atoms with Crippen LogP contribution in [-0.2, 0) is 0 Å². The van der Waals surface area contributed by atoms with Gasteiger partial charge in [-0.25, -0.2) is 4.98 Å². The SMILES string of the molecule is c1ccc(-c2ccc(N(c3ccc(-c4c5oc(-c6ccccc6)nc5cc5oc6ccccc6c45)cc3)c3cccc(-c4cccc5ccccc45)c3)cc2)cc1. The lowest BCUT2D eigenvalue weighted by atomic mass is 9.97. The van der Waals surface area contributed by atoms with Crippen LogP contribution in [0.15, 0.2) is 215 Å². The second kappa shape index (κ2) is 13.6. The third-order valence-electron chi connectivity index (χ3n) is 10.9. The molecule has 11 rings (SSSR count). The van der Waals surface area contributed by atoms with Crippen molar-refractivity contribution in [3.8, 4) is 44.8 Å². The van der Waals surface area contributed by atoms with Crippen LogP contribution in [0.5, 0.6) is 0 Å². The first kappa shape index (κ1) is 32.7. The Hall–Kier alpha value is -7.69. The maximum Gasteiger partial charge on any atom is 0.227 e. The van der Waals surface area contributed by atoms with Crippen LogP contribution in [0.25, 0.3) is 88.6 Å². The van der Waals surface area contributed by atoms with Gasteiger partial charge in [-0.15, -0.1) is 0 Å². The first-order chi connectivity index (χ1) is 28.2. The Labute approximate surface area is 329 Å². The van der Waals surface area contributed by atoms with Crippen molar-refractivity contribution in [2.24, 2.45) is 0 Å². The van der Waals surface area contributed by atoms with Gasteiger partial charge in [0.25, 0.3) is 0 Å². The average molecular weight is 731 g/mol. The fourth-order valence-corrected chi connectivity index (χ4v) is 8.20. The molecule has 0 aliphatic carbocycles. The summed E-state index contributed by atoms with van der Waals surface area (Å²) in [4.78, 5) is 7.29. The maximum atomic E-state index is 6.65. The Balaban J connectivity index is 1.07. The Kier molecular flexibility index (Phi) is 7.78. The fraction of sp³-hybridized carbons (Fsp3) is 0. The Bertz CT molecular complexity index is 3210. The van der Waals surface area contributed by atoms with E-state index in [9.17, 15) is 0 Å². The first-order valence-electron chi connectivity index (χ1n) is 19.2. The van der Waals surface area contributed by atoms with E-state index in [4.69, 9.17) is 13.8 Å². The topological polar surface area (TPSA) is 42.4 Å². The van der Waals surface area contributed by atoms with Crippen molar-refractivity contribution in [3.05, 3.63) is 206 Å². The standard InChI is InChI=1S/C53H34N2O2/c1-3-13-35(14-4-1)36-25-29-41(30-26-36)55(43-20-11-19-40(33-43)45-23-12-18-37-15-7-8-21-44(37)45)42-31-27-38(28-32-42)50-51-46-22-9-10-24-48(46)56-49(51)34-47-52(50)57-53(54-47)39-16-5-2-6-17-39/h1-34H. The van der Waals surface area contributed by atoms with Gasteiger partial charge in [-0.3, -0.25) is 0 Å². The lowest BCUT2D eigenvalue weighted by molar-refractivity contribution is 0.621. The minimum atomic E-state index is 0.580. The summed E-state index contributed by atoms with van der Waals surface area (Å²) in [6.45, 7) is 0. The number of benzene rings is 9. The smallest absolute Gasteiger partial charge is 0.227 e. The Morgan fingerprint density at radius 1 is 0.386 bits per heavy atom. The molecule has 4 nitrogen and oxygen atoms in total. The summed E-state index contributed by atoms with van der Waals surface area (Å²) in [5.74, 6) is 0.580. The molecule has 0 atom stereocenters. The van der Waals surface area contributed by atoms with E-state index >= 15 is 0 Å². The quantitative estimate of drug-likeness (QED) is 0.164. The van der Waals surface area contributed by atoms with Gasteiger partial charge in [0, 0.05) is 45.0 Å². The summed E-state index contributed by atoms with van der Waals surface area (Å²) in [6, 6.07) is 72.3. The summed E-state index contributed by atoms with van der Waals surface area (Å²) in [7, 11) is 0. The van der Waals surface area contributed by atoms with Crippen LogP contribution in [0.4, 0.5) is 17.1 Å². The number of nitrogens with zero attached hydrogens (tertiary/aromatic N) is 2. The zero-order valence-electron chi connectivity index (χ0n) is 30.8. The average Bonchev–Trinajstić information content (AvgIpc) is 3.88. The van der Waals surface area contributed by atoms with Gasteiger partial charge in [-0.2, -0.15) is 0 Å². The molecule has 0 bridgehead atoms. The van der Waals surface area contributed by atoms with Gasteiger partial charge in [0.05, 0.1) is 0 Å². The van der Waals surface area contributed by atoms with Crippen LogP contribution in [0.1, 0.15) is 0 Å². The molecular formula is C53H34N2O2. The predicted octanol–water partition coefficient (Wildman–Crippen LogP) is 15.0. The van der Waals surface area contributed by atoms with E-state index in [1.54, 1.807) is 0 Å². The summed E-state index contributed by atoms with van der Waals surface area (Å²) >= 11 is 0. The highest BCUT2D eigenvalue weighted by Gasteiger charge is 2.22. The third-order valence-corrected chi connectivity index (χ3v) is 10.9. The lowest BCUT2D eigenvalue weighted by Crippen LogP contribution is -2.10. The molecular weight excluding hydrogens is 697 g/mol. The fourth-order valence-electron chi connectivity index (χ4n) is 8.20. The number of aromatic nitrogens is 1. The van der Waals surface area contributed by atoms with Crippen molar-refractivity contribution >= 4 is 60.9 Å². The molecule has 0 radical (unpaired) electrons. The van der Waals surface area contributed by atoms with Crippen molar-refractivity contribution in [2.45, 2.75) is 0 Å². The second-order valence-electron chi connectivity index (χ2n) is 14.3. The largest absolute Gasteiger partial charge is 0.456 e. The third kappa shape index (κ3) is 5.74. The van der Waals surface area contributed by atoms with Gasteiger partial charge in [-0.05, 0) is 93.2 Å². The van der Waals surface area contributed by atoms with E-state index < -0.39 is 0 Å². The molecule has 0 fully saturated rings. The van der Waals surface area contributed by atoms with E-state index in [1.807, 2.05) is 48.5 Å². The molecule has 2 heterocycles. The highest BCUT2D eigenvalue weighted by molar-refractivity contribution is 6.19. The van der Waals surface area contributed by atoms with E-state index in [0.29, 0.717) is 5.89 Å². The van der Waals surface area contributed by atoms with Crippen molar-refractivity contribution in [2.75, 3.05) is 4.90 Å². The number of furan rings is 1. The van der Waals surface area contributed by atoms with Gasteiger partial charge < -0.3 is 13.7 Å². The molecule has 11 aromatic rings. The highest BCUT2D eigenvalue weighted by Crippen LogP contribution is 2.45. The Morgan fingerprint density at radius 3 is 1.75 bits per heavy atom. The van der Waals surface area contributed by atoms with Gasteiger partial charge in [0.2, 0.25) is 5.89 Å². The number of anilines is 3. The number of para-hydroxylation sites is 1. The van der Waals surface area contributed by atoms with E-state index in [0.717, 1.165) is 72.4 Å². The molecule has 57 heavy (non-hydrogen) atoms. The minimum absolute atomic E-state index is 0.580. The second-order valence-corrected chi connectivity index (χ2v) is 14.3. The lowest BCUT2D eigenvalue weighted by Gasteiger charge is -2.26. The van der Waals surface area contributed by atoms with Crippen molar-refractivity contribution < 1.29 is 8.83 Å². The van der Waals surface area contributed by atoms with Crippen LogP contribution in [0.3, 0.4) is 0 Å². The molecule has 0 aliphatic heterocycles. The molecule has 9 aromatic carbocycles. The molecule has 2 aromatic heterocycles. The molecule has 0 amide bonds. The molecule has 0 aliphatic rings. The number of rotatable bonds is 7. The van der Waals surface area contributed by atoms with Gasteiger partial charge in [0.1, 0.15) is 16.7 Å². The number of hydrogen-bond donors (Lipinski definition) is 0. The summed E-state index contributed by atoms with van der Waals surface area (Å²) in [6.07, 6.45) is 0. The van der Waals surface area contributed by atoms with Crippen LogP contribution in [0.2, 0.25) is 0 Å². The van der Waals surface area contributed by atoms with E-state index in [1.165, 1.54) is 27.5 Å². The number of hydrogen-bond acceptors (Lipinski definition) is 4. The monoisotopic (exact) mass is 730 g/mol. The summed E-state index contributed by atoms with van der Waals surface area (Å²) in [5.41, 5.74) is 13.9. The first-order valence-corrected chi connectivity index (χ1v) is 19.2. The van der Waals surface area contributed by atoms with E-state index in [2.05, 4.69) is 163 Å². The van der Waals surface area contributed by atoms with Crippen LogP contribution in [0, 0.1) is 0 Å². The minimum Gasteiger partial charge on any atom is -0.456 e. The maximum absolute atomic E-state index is 6.65. The van der Waals surface area contributed by atoms with Gasteiger partial charge in [-0.1, -0.05) is 146 Å². The van der Waals surface area contributed by atoms with Crippen LogP contribution < -0.4 is 4.90 Å². The molecule has 0 saturated carbocycles. The van der Waals surface area contributed by atoms with Crippen LogP contribution >= 0.6 is 0 Å². The molecule has 0 unspecified atom stereocenters. The van der Waals surface area contributed by atoms with Crippen LogP contribution in [-0.4, -0.2) is 4.98 Å². The molecule has 0 saturated heterocycles. The predicted molar refractivity (Wildman–Crippen MR) is 235 cm³/mol. The summed E-state index contributed by atoms with van der Waals surface area (Å²) in [5, 5.41) is 4.51. The number of oxazole rings is 1. The molecule has 0 N–H and O–H groups in total. The highest BCUT2D eigenvalue weighted by atomic mass is 16.4.